The molecule has 0 unspecified atom stereocenters. The van der Waals surface area contributed by atoms with Crippen LogP contribution in [0.5, 0.6) is 0 Å². The molecule has 0 spiro atoms. The fourth-order valence-corrected chi connectivity index (χ4v) is 3.03. The van der Waals surface area contributed by atoms with Crippen LogP contribution in [0.4, 0.5) is 14.5 Å². The van der Waals surface area contributed by atoms with Gasteiger partial charge >= 0.3 is 0 Å². The van der Waals surface area contributed by atoms with Gasteiger partial charge in [0.05, 0.1) is 23.9 Å². The number of hydrogen-bond donors (Lipinski definition) is 1. The summed E-state index contributed by atoms with van der Waals surface area (Å²) in [4.78, 5) is 14.3. The van der Waals surface area contributed by atoms with Crippen molar-refractivity contribution in [2.45, 2.75) is 12.7 Å². The van der Waals surface area contributed by atoms with Crippen molar-refractivity contribution in [3.63, 3.8) is 0 Å². The van der Waals surface area contributed by atoms with Crippen LogP contribution in [-0.4, -0.2) is 10.8 Å². The molecule has 1 aromatic heterocycles. The Bertz CT molecular complexity index is 905. The summed E-state index contributed by atoms with van der Waals surface area (Å²) in [7, 11) is 0. The second-order valence-corrected chi connectivity index (χ2v) is 5.74. The number of nitrogens with one attached hydrogen (secondary N) is 1. The number of hydrogen-bond acceptors (Lipinski definition) is 3. The molecule has 4 nitrogen and oxygen atoms in total. The zero-order valence-electron chi connectivity index (χ0n) is 13.1. The summed E-state index contributed by atoms with van der Waals surface area (Å²) in [6.07, 6.45) is 0.512. The summed E-state index contributed by atoms with van der Waals surface area (Å²) in [5.74, 6) is -1.22. The SMILES string of the molecule is O=C1c2ccccc2N[C@@H](c2c(F)cccc2F)N1Cc1ccco1. The Morgan fingerprint density at radius 1 is 1.00 bits per heavy atom. The number of rotatable bonds is 3. The number of halogens is 2. The molecule has 0 bridgehead atoms. The first-order valence-electron chi connectivity index (χ1n) is 7.78. The molecule has 0 radical (unpaired) electrons. The predicted molar refractivity (Wildman–Crippen MR) is 87.7 cm³/mol. The van der Waals surface area contributed by atoms with Gasteiger partial charge < -0.3 is 14.6 Å². The van der Waals surface area contributed by atoms with Crippen molar-refractivity contribution in [2.75, 3.05) is 5.32 Å². The van der Waals surface area contributed by atoms with Gasteiger partial charge in [-0.2, -0.15) is 0 Å². The summed E-state index contributed by atoms with van der Waals surface area (Å²) in [5, 5.41) is 3.07. The Morgan fingerprint density at radius 3 is 2.48 bits per heavy atom. The van der Waals surface area contributed by atoms with Crippen LogP contribution in [0, 0.1) is 11.6 Å². The lowest BCUT2D eigenvalue weighted by atomic mass is 10.0. The molecule has 1 atom stereocenters. The van der Waals surface area contributed by atoms with Gasteiger partial charge in [0.25, 0.3) is 5.91 Å². The van der Waals surface area contributed by atoms with E-state index in [-0.39, 0.29) is 18.0 Å². The monoisotopic (exact) mass is 340 g/mol. The fraction of sp³-hybridized carbons (Fsp3) is 0.105. The third kappa shape index (κ3) is 2.65. The molecule has 1 amide bonds. The van der Waals surface area contributed by atoms with E-state index in [2.05, 4.69) is 5.32 Å². The molecule has 2 aromatic carbocycles. The van der Waals surface area contributed by atoms with Crippen LogP contribution in [0.25, 0.3) is 0 Å². The Morgan fingerprint density at radius 2 is 1.76 bits per heavy atom. The number of carbonyl (C=O) groups excluding carboxylic acids is 1. The first-order valence-corrected chi connectivity index (χ1v) is 7.78. The van der Waals surface area contributed by atoms with Crippen LogP contribution in [0.3, 0.4) is 0 Å². The zero-order valence-corrected chi connectivity index (χ0v) is 13.1. The number of nitrogens with zero attached hydrogens (tertiary/aromatic N) is 1. The number of anilines is 1. The Hall–Kier alpha value is -3.15. The van der Waals surface area contributed by atoms with E-state index in [0.29, 0.717) is 17.0 Å². The lowest BCUT2D eigenvalue weighted by Gasteiger charge is -2.37. The molecule has 6 heteroatoms. The molecule has 1 aliphatic rings. The van der Waals surface area contributed by atoms with Crippen molar-refractivity contribution in [3.05, 3.63) is 89.4 Å². The number of fused-ring (bicyclic) bond motifs is 1. The van der Waals surface area contributed by atoms with Crippen molar-refractivity contribution in [1.82, 2.24) is 4.90 Å². The molecule has 1 N–H and O–H groups in total. The predicted octanol–water partition coefficient (Wildman–Crippen LogP) is 4.32. The van der Waals surface area contributed by atoms with E-state index in [4.69, 9.17) is 4.42 Å². The van der Waals surface area contributed by atoms with Gasteiger partial charge in [-0.05, 0) is 36.4 Å². The summed E-state index contributed by atoms with van der Waals surface area (Å²) < 4.78 is 34.0. The average Bonchev–Trinajstić information content (AvgIpc) is 3.11. The van der Waals surface area contributed by atoms with Gasteiger partial charge in [-0.3, -0.25) is 4.79 Å². The van der Waals surface area contributed by atoms with E-state index < -0.39 is 17.8 Å². The first kappa shape index (κ1) is 15.4. The molecule has 126 valence electrons. The highest BCUT2D eigenvalue weighted by Crippen LogP contribution is 2.36. The topological polar surface area (TPSA) is 45.5 Å². The molecule has 0 saturated carbocycles. The maximum atomic E-state index is 14.3. The Kier molecular flexibility index (Phi) is 3.72. The first-order chi connectivity index (χ1) is 12.1. The number of para-hydroxylation sites is 1. The van der Waals surface area contributed by atoms with Crippen LogP contribution in [-0.2, 0) is 6.54 Å². The minimum absolute atomic E-state index is 0.0889. The minimum atomic E-state index is -0.978. The highest BCUT2D eigenvalue weighted by molar-refractivity contribution is 6.01. The van der Waals surface area contributed by atoms with Crippen molar-refractivity contribution in [2.24, 2.45) is 0 Å². The van der Waals surface area contributed by atoms with E-state index in [1.807, 2.05) is 0 Å². The van der Waals surface area contributed by atoms with Gasteiger partial charge in [0.2, 0.25) is 0 Å². The number of carbonyl (C=O) groups is 1. The van der Waals surface area contributed by atoms with Crippen molar-refractivity contribution >= 4 is 11.6 Å². The maximum Gasteiger partial charge on any atom is 0.258 e. The molecular formula is C19H14F2N2O2. The van der Waals surface area contributed by atoms with Crippen LogP contribution in [0.2, 0.25) is 0 Å². The van der Waals surface area contributed by atoms with Gasteiger partial charge in [0.1, 0.15) is 23.6 Å². The summed E-state index contributed by atoms with van der Waals surface area (Å²) in [6.45, 7) is 0.0889. The van der Waals surface area contributed by atoms with E-state index >= 15 is 0 Å². The van der Waals surface area contributed by atoms with Crippen LogP contribution in [0.1, 0.15) is 27.8 Å². The quantitative estimate of drug-likeness (QED) is 0.772. The molecule has 1 aliphatic heterocycles. The van der Waals surface area contributed by atoms with Gasteiger partial charge in [-0.25, -0.2) is 8.78 Å². The van der Waals surface area contributed by atoms with Gasteiger partial charge in [0.15, 0.2) is 0 Å². The molecule has 3 aromatic rings. The van der Waals surface area contributed by atoms with Crippen LogP contribution in [0.15, 0.2) is 65.3 Å². The van der Waals surface area contributed by atoms with Gasteiger partial charge in [-0.1, -0.05) is 18.2 Å². The highest BCUT2D eigenvalue weighted by atomic mass is 19.1. The smallest absolute Gasteiger partial charge is 0.258 e. The fourth-order valence-electron chi connectivity index (χ4n) is 3.03. The largest absolute Gasteiger partial charge is 0.467 e. The molecule has 0 aliphatic carbocycles. The molecule has 2 heterocycles. The third-order valence-corrected chi connectivity index (χ3v) is 4.20. The molecular weight excluding hydrogens is 326 g/mol. The second kappa shape index (κ2) is 6.05. The number of amides is 1. The summed E-state index contributed by atoms with van der Waals surface area (Å²) in [5.41, 5.74) is 0.787. The average molecular weight is 340 g/mol. The second-order valence-electron chi connectivity index (χ2n) is 5.74. The Labute approximate surface area is 142 Å². The normalized spacial score (nSPS) is 16.5. The van der Waals surface area contributed by atoms with Crippen molar-refractivity contribution in [1.29, 1.82) is 0 Å². The van der Waals surface area contributed by atoms with E-state index in [0.717, 1.165) is 0 Å². The van der Waals surface area contributed by atoms with Gasteiger partial charge in [-0.15, -0.1) is 0 Å². The van der Waals surface area contributed by atoms with E-state index in [9.17, 15) is 13.6 Å². The van der Waals surface area contributed by atoms with Gasteiger partial charge in [0, 0.05) is 5.69 Å². The zero-order chi connectivity index (χ0) is 17.4. The summed E-state index contributed by atoms with van der Waals surface area (Å²) in [6, 6.07) is 13.9. The lowest BCUT2D eigenvalue weighted by Crippen LogP contribution is -2.43. The van der Waals surface area contributed by atoms with Crippen molar-refractivity contribution in [3.8, 4) is 0 Å². The third-order valence-electron chi connectivity index (χ3n) is 4.20. The van der Waals surface area contributed by atoms with E-state index in [1.54, 1.807) is 36.4 Å². The lowest BCUT2D eigenvalue weighted by molar-refractivity contribution is 0.0645. The maximum absolute atomic E-state index is 14.3. The van der Waals surface area contributed by atoms with Crippen LogP contribution >= 0.6 is 0 Å². The molecule has 25 heavy (non-hydrogen) atoms. The number of benzene rings is 2. The molecule has 0 saturated heterocycles. The molecule has 0 fully saturated rings. The highest BCUT2D eigenvalue weighted by Gasteiger charge is 2.36. The Balaban J connectivity index is 1.83. The molecule has 4 rings (SSSR count). The van der Waals surface area contributed by atoms with Crippen molar-refractivity contribution < 1.29 is 18.0 Å². The van der Waals surface area contributed by atoms with Crippen LogP contribution < -0.4 is 5.32 Å². The van der Waals surface area contributed by atoms with E-state index in [1.165, 1.54) is 29.4 Å². The standard InChI is InChI=1S/C19H14F2N2O2/c20-14-7-3-8-15(21)17(14)18-22-16-9-2-1-6-13(16)19(24)23(18)11-12-5-4-10-25-12/h1-10,18,22H,11H2/t18-/m1/s1. The minimum Gasteiger partial charge on any atom is -0.467 e. The summed E-state index contributed by atoms with van der Waals surface area (Å²) >= 11 is 0. The number of furan rings is 1.